The second kappa shape index (κ2) is 8.49. The summed E-state index contributed by atoms with van der Waals surface area (Å²) in [6.07, 6.45) is 5.79. The molecule has 0 atom stereocenters. The van der Waals surface area contributed by atoms with E-state index >= 15 is 0 Å². The summed E-state index contributed by atoms with van der Waals surface area (Å²) in [5.74, 6) is 0. The summed E-state index contributed by atoms with van der Waals surface area (Å²) in [5.41, 5.74) is 1.38. The molecule has 15 heavy (non-hydrogen) atoms. The standard InChI is InChI=1S/C14H21O/c1-2-3-7-12-15-13-8-11-14-9-5-4-6-10-14/h4-6,9-10,13H,2-3,7-8,11-12H2,1H3. The zero-order valence-corrected chi connectivity index (χ0v) is 9.61. The first-order valence-corrected chi connectivity index (χ1v) is 5.90. The number of hydrogen-bond donors (Lipinski definition) is 0. The Labute approximate surface area is 93.5 Å². The molecule has 0 aliphatic heterocycles. The Bertz CT molecular complexity index is 230. The predicted molar refractivity (Wildman–Crippen MR) is 64.5 cm³/mol. The van der Waals surface area contributed by atoms with Gasteiger partial charge in [0.05, 0.1) is 6.61 Å². The summed E-state index contributed by atoms with van der Waals surface area (Å²) in [7, 11) is 0. The van der Waals surface area contributed by atoms with Gasteiger partial charge in [0.15, 0.2) is 0 Å². The van der Waals surface area contributed by atoms with Crippen molar-refractivity contribution in [2.75, 3.05) is 6.61 Å². The Balaban J connectivity index is 1.93. The lowest BCUT2D eigenvalue weighted by Gasteiger charge is -2.03. The minimum absolute atomic E-state index is 0.878. The minimum Gasteiger partial charge on any atom is -0.376 e. The zero-order valence-electron chi connectivity index (χ0n) is 9.61. The lowest BCUT2D eigenvalue weighted by molar-refractivity contribution is 0.186. The highest BCUT2D eigenvalue weighted by Crippen LogP contribution is 2.05. The average Bonchev–Trinajstić information content (AvgIpc) is 2.29. The molecule has 0 heterocycles. The van der Waals surface area contributed by atoms with Gasteiger partial charge in [-0.3, -0.25) is 0 Å². The second-order valence-electron chi connectivity index (χ2n) is 3.77. The molecule has 0 unspecified atom stereocenters. The van der Waals surface area contributed by atoms with Crippen molar-refractivity contribution in [3.8, 4) is 0 Å². The van der Waals surface area contributed by atoms with Gasteiger partial charge < -0.3 is 4.74 Å². The third-order valence-corrected chi connectivity index (χ3v) is 2.38. The first kappa shape index (κ1) is 12.3. The minimum atomic E-state index is 0.878. The van der Waals surface area contributed by atoms with E-state index in [-0.39, 0.29) is 0 Å². The van der Waals surface area contributed by atoms with Crippen LogP contribution in [0.25, 0.3) is 0 Å². The molecule has 1 aromatic rings. The number of benzene rings is 1. The van der Waals surface area contributed by atoms with Crippen LogP contribution in [0.3, 0.4) is 0 Å². The maximum atomic E-state index is 5.43. The van der Waals surface area contributed by atoms with Gasteiger partial charge in [-0.15, -0.1) is 0 Å². The molecule has 1 heteroatoms. The van der Waals surface area contributed by atoms with Crippen LogP contribution in [0.15, 0.2) is 30.3 Å². The highest BCUT2D eigenvalue weighted by atomic mass is 16.5. The summed E-state index contributed by atoms with van der Waals surface area (Å²) >= 11 is 0. The molecule has 1 nitrogen and oxygen atoms in total. The maximum Gasteiger partial charge on any atom is 0.0839 e. The Morgan fingerprint density at radius 1 is 1.13 bits per heavy atom. The van der Waals surface area contributed by atoms with Crippen molar-refractivity contribution in [1.82, 2.24) is 0 Å². The molecule has 83 valence electrons. The van der Waals surface area contributed by atoms with Crippen molar-refractivity contribution in [2.24, 2.45) is 0 Å². The van der Waals surface area contributed by atoms with Crippen LogP contribution in [0.4, 0.5) is 0 Å². The topological polar surface area (TPSA) is 9.23 Å². The molecule has 0 aliphatic carbocycles. The molecule has 0 aliphatic rings. The third kappa shape index (κ3) is 6.29. The van der Waals surface area contributed by atoms with Crippen LogP contribution in [-0.2, 0) is 11.2 Å². The maximum absolute atomic E-state index is 5.43. The molecule has 0 saturated carbocycles. The van der Waals surface area contributed by atoms with Gasteiger partial charge in [-0.25, -0.2) is 0 Å². The van der Waals surface area contributed by atoms with E-state index in [0.29, 0.717) is 0 Å². The SMILES string of the molecule is CCCCCO[CH]CCc1ccccc1. The number of ether oxygens (including phenoxy) is 1. The van der Waals surface area contributed by atoms with E-state index in [9.17, 15) is 0 Å². The van der Waals surface area contributed by atoms with Crippen LogP contribution in [0.5, 0.6) is 0 Å². The van der Waals surface area contributed by atoms with E-state index in [2.05, 4.69) is 37.3 Å². The Morgan fingerprint density at radius 3 is 2.67 bits per heavy atom. The Kier molecular flexibility index (Phi) is 6.93. The molecule has 0 amide bonds. The van der Waals surface area contributed by atoms with Gasteiger partial charge in [0.25, 0.3) is 0 Å². The summed E-state index contributed by atoms with van der Waals surface area (Å²) in [6.45, 7) is 5.03. The lowest BCUT2D eigenvalue weighted by Crippen LogP contribution is -1.93. The molecule has 0 aromatic heterocycles. The third-order valence-electron chi connectivity index (χ3n) is 2.38. The molecule has 0 saturated heterocycles. The van der Waals surface area contributed by atoms with Crippen molar-refractivity contribution in [2.45, 2.75) is 39.0 Å². The van der Waals surface area contributed by atoms with Crippen molar-refractivity contribution in [3.63, 3.8) is 0 Å². The van der Waals surface area contributed by atoms with Crippen LogP contribution < -0.4 is 0 Å². The quantitative estimate of drug-likeness (QED) is 0.583. The molecule has 1 radical (unpaired) electrons. The van der Waals surface area contributed by atoms with Crippen molar-refractivity contribution >= 4 is 0 Å². The number of unbranched alkanes of at least 4 members (excludes halogenated alkanes) is 2. The van der Waals surface area contributed by atoms with Gasteiger partial charge in [-0.05, 0) is 24.8 Å². The highest BCUT2D eigenvalue weighted by Gasteiger charge is 1.93. The number of aryl methyl sites for hydroxylation is 1. The number of hydrogen-bond acceptors (Lipinski definition) is 1. The molecule has 0 fully saturated rings. The number of rotatable bonds is 8. The molecule has 0 bridgehead atoms. The fraction of sp³-hybridized carbons (Fsp3) is 0.500. The van der Waals surface area contributed by atoms with E-state index in [4.69, 9.17) is 4.74 Å². The molecule has 1 rings (SSSR count). The lowest BCUT2D eigenvalue weighted by atomic mass is 10.1. The predicted octanol–water partition coefficient (Wildman–Crippen LogP) is 3.99. The molecule has 0 N–H and O–H groups in total. The first-order valence-electron chi connectivity index (χ1n) is 5.90. The second-order valence-corrected chi connectivity index (χ2v) is 3.77. The highest BCUT2D eigenvalue weighted by molar-refractivity contribution is 5.14. The van der Waals surface area contributed by atoms with Crippen LogP contribution in [0.2, 0.25) is 0 Å². The van der Waals surface area contributed by atoms with E-state index in [1.807, 2.05) is 6.61 Å². The van der Waals surface area contributed by atoms with Crippen LogP contribution in [-0.4, -0.2) is 6.61 Å². The fourth-order valence-electron chi connectivity index (χ4n) is 1.47. The Morgan fingerprint density at radius 2 is 1.93 bits per heavy atom. The molecular formula is C14H21O. The van der Waals surface area contributed by atoms with Crippen LogP contribution >= 0.6 is 0 Å². The van der Waals surface area contributed by atoms with E-state index in [1.54, 1.807) is 0 Å². The largest absolute Gasteiger partial charge is 0.376 e. The van der Waals surface area contributed by atoms with Gasteiger partial charge in [0, 0.05) is 6.61 Å². The monoisotopic (exact) mass is 205 g/mol. The van der Waals surface area contributed by atoms with Crippen molar-refractivity contribution < 1.29 is 4.74 Å². The van der Waals surface area contributed by atoms with Gasteiger partial charge in [0.2, 0.25) is 0 Å². The summed E-state index contributed by atoms with van der Waals surface area (Å²) in [6, 6.07) is 10.5. The van der Waals surface area contributed by atoms with Gasteiger partial charge in [-0.2, -0.15) is 0 Å². The summed E-state index contributed by atoms with van der Waals surface area (Å²) in [5, 5.41) is 0. The fourth-order valence-corrected chi connectivity index (χ4v) is 1.47. The summed E-state index contributed by atoms with van der Waals surface area (Å²) in [4.78, 5) is 0. The van der Waals surface area contributed by atoms with Crippen molar-refractivity contribution in [1.29, 1.82) is 0 Å². The Hall–Kier alpha value is -0.820. The van der Waals surface area contributed by atoms with E-state index in [1.165, 1.54) is 24.8 Å². The smallest absolute Gasteiger partial charge is 0.0839 e. The van der Waals surface area contributed by atoms with Crippen molar-refractivity contribution in [3.05, 3.63) is 42.5 Å². The zero-order chi connectivity index (χ0) is 10.8. The molecule has 1 aromatic carbocycles. The van der Waals surface area contributed by atoms with Gasteiger partial charge in [0.1, 0.15) is 0 Å². The first-order chi connectivity index (χ1) is 7.43. The molecular weight excluding hydrogens is 184 g/mol. The summed E-state index contributed by atoms with van der Waals surface area (Å²) < 4.78 is 5.43. The van der Waals surface area contributed by atoms with Crippen LogP contribution in [0, 0.1) is 6.61 Å². The van der Waals surface area contributed by atoms with E-state index in [0.717, 1.165) is 19.4 Å². The van der Waals surface area contributed by atoms with Gasteiger partial charge in [-0.1, -0.05) is 50.1 Å². The van der Waals surface area contributed by atoms with Crippen LogP contribution in [0.1, 0.15) is 38.2 Å². The average molecular weight is 205 g/mol. The van der Waals surface area contributed by atoms with E-state index < -0.39 is 0 Å². The normalized spacial score (nSPS) is 10.5. The van der Waals surface area contributed by atoms with Gasteiger partial charge >= 0.3 is 0 Å². The molecule has 0 spiro atoms.